The minimum absolute atomic E-state index is 0.0151. The zero-order chi connectivity index (χ0) is 21.8. The summed E-state index contributed by atoms with van der Waals surface area (Å²) in [4.78, 5) is 24.1. The summed E-state index contributed by atoms with van der Waals surface area (Å²) in [6, 6.07) is 12.0. The number of carbonyl (C=O) groups is 2. The topological polar surface area (TPSA) is 85.9 Å². The number of hydrogen-bond donors (Lipinski definition) is 2. The van der Waals surface area contributed by atoms with Crippen molar-refractivity contribution in [1.82, 2.24) is 0 Å². The monoisotopic (exact) mass is 414 g/mol. The predicted molar refractivity (Wildman–Crippen MR) is 118 cm³/mol. The van der Waals surface area contributed by atoms with Crippen LogP contribution in [0.25, 0.3) is 0 Å². The van der Waals surface area contributed by atoms with E-state index in [1.54, 1.807) is 49.6 Å². The van der Waals surface area contributed by atoms with Crippen molar-refractivity contribution in [2.24, 2.45) is 0 Å². The average molecular weight is 415 g/mol. The first-order valence-corrected chi connectivity index (χ1v) is 10.1. The number of hydrogen-bond acceptors (Lipinski definition) is 5. The molecule has 0 aliphatic heterocycles. The molecule has 0 fully saturated rings. The maximum atomic E-state index is 12.6. The Labute approximate surface area is 177 Å². The number of unbranched alkanes of at least 4 members (excludes halogenated alkanes) is 3. The molecule has 162 valence electrons. The lowest BCUT2D eigenvalue weighted by atomic mass is 10.1. The van der Waals surface area contributed by atoms with E-state index in [1.807, 2.05) is 0 Å². The molecule has 0 bridgehead atoms. The molecule has 7 heteroatoms. The van der Waals surface area contributed by atoms with Gasteiger partial charge in [0.1, 0.15) is 6.61 Å². The van der Waals surface area contributed by atoms with E-state index >= 15 is 0 Å². The number of amides is 2. The summed E-state index contributed by atoms with van der Waals surface area (Å²) in [6.07, 6.45) is 4.49. The second-order valence-electron chi connectivity index (χ2n) is 6.79. The summed E-state index contributed by atoms with van der Waals surface area (Å²) >= 11 is 0. The Morgan fingerprint density at radius 1 is 0.867 bits per heavy atom. The van der Waals surface area contributed by atoms with Gasteiger partial charge in [-0.1, -0.05) is 26.2 Å². The summed E-state index contributed by atoms with van der Waals surface area (Å²) in [6.45, 7) is 2.77. The molecular weight excluding hydrogens is 384 g/mol. The molecule has 2 amide bonds. The predicted octanol–water partition coefficient (Wildman–Crippen LogP) is 4.49. The zero-order valence-corrected chi connectivity index (χ0v) is 17.8. The van der Waals surface area contributed by atoms with Gasteiger partial charge >= 0.3 is 0 Å². The van der Waals surface area contributed by atoms with Gasteiger partial charge in [0.15, 0.2) is 11.5 Å². The quantitative estimate of drug-likeness (QED) is 0.500. The molecule has 2 N–H and O–H groups in total. The van der Waals surface area contributed by atoms with Gasteiger partial charge in [0.05, 0.1) is 13.7 Å². The largest absolute Gasteiger partial charge is 0.493 e. The van der Waals surface area contributed by atoms with E-state index in [1.165, 1.54) is 20.0 Å². The number of carbonyl (C=O) groups excluding carboxylic acids is 2. The van der Waals surface area contributed by atoms with Crippen molar-refractivity contribution < 1.29 is 23.8 Å². The molecule has 0 spiro atoms. The van der Waals surface area contributed by atoms with Crippen molar-refractivity contribution >= 4 is 23.2 Å². The van der Waals surface area contributed by atoms with Crippen molar-refractivity contribution in [2.45, 2.75) is 32.6 Å². The Morgan fingerprint density at radius 2 is 1.57 bits per heavy atom. The van der Waals surface area contributed by atoms with Gasteiger partial charge in [-0.15, -0.1) is 0 Å². The molecule has 0 radical (unpaired) electrons. The third-order valence-corrected chi connectivity index (χ3v) is 4.38. The Balaban J connectivity index is 1.95. The molecule has 0 saturated carbocycles. The fourth-order valence-corrected chi connectivity index (χ4v) is 2.81. The fourth-order valence-electron chi connectivity index (χ4n) is 2.81. The lowest BCUT2D eigenvalue weighted by Gasteiger charge is -2.12. The van der Waals surface area contributed by atoms with Crippen LogP contribution in [0, 0.1) is 0 Å². The van der Waals surface area contributed by atoms with Crippen molar-refractivity contribution in [3.8, 4) is 11.5 Å². The SMILES string of the molecule is CCCCCCOc1ccc(C(=O)Nc2ccc(NC(=O)COC)cc2)cc1OC. The smallest absolute Gasteiger partial charge is 0.255 e. The van der Waals surface area contributed by atoms with Gasteiger partial charge in [-0.3, -0.25) is 9.59 Å². The van der Waals surface area contributed by atoms with Crippen LogP contribution in [0.4, 0.5) is 11.4 Å². The van der Waals surface area contributed by atoms with Gasteiger partial charge in [-0.2, -0.15) is 0 Å². The van der Waals surface area contributed by atoms with Gasteiger partial charge in [0, 0.05) is 24.0 Å². The lowest BCUT2D eigenvalue weighted by molar-refractivity contribution is -0.119. The van der Waals surface area contributed by atoms with E-state index in [0.717, 1.165) is 12.8 Å². The van der Waals surface area contributed by atoms with Gasteiger partial charge in [-0.25, -0.2) is 0 Å². The second-order valence-corrected chi connectivity index (χ2v) is 6.79. The normalized spacial score (nSPS) is 10.4. The molecule has 0 aliphatic rings. The highest BCUT2D eigenvalue weighted by atomic mass is 16.5. The van der Waals surface area contributed by atoms with E-state index in [0.29, 0.717) is 35.0 Å². The maximum Gasteiger partial charge on any atom is 0.255 e. The van der Waals surface area contributed by atoms with E-state index in [9.17, 15) is 9.59 Å². The van der Waals surface area contributed by atoms with Gasteiger partial charge < -0.3 is 24.8 Å². The third-order valence-electron chi connectivity index (χ3n) is 4.38. The summed E-state index contributed by atoms with van der Waals surface area (Å²) in [7, 11) is 3.01. The Hall–Kier alpha value is -3.06. The minimum atomic E-state index is -0.265. The molecule has 2 rings (SSSR count). The van der Waals surface area contributed by atoms with Crippen molar-refractivity contribution in [3.05, 3.63) is 48.0 Å². The third kappa shape index (κ3) is 7.40. The molecule has 0 aromatic heterocycles. The average Bonchev–Trinajstić information content (AvgIpc) is 2.75. The van der Waals surface area contributed by atoms with Crippen LogP contribution in [0.2, 0.25) is 0 Å². The zero-order valence-electron chi connectivity index (χ0n) is 17.8. The highest BCUT2D eigenvalue weighted by molar-refractivity contribution is 6.04. The van der Waals surface area contributed by atoms with E-state index in [4.69, 9.17) is 14.2 Å². The standard InChI is InChI=1S/C23H30N2O5/c1-4-5-6-7-14-30-20-13-8-17(15-21(20)29-3)23(27)25-19-11-9-18(10-12-19)24-22(26)16-28-2/h8-13,15H,4-7,14,16H2,1-3H3,(H,24,26)(H,25,27). The summed E-state index contributed by atoms with van der Waals surface area (Å²) in [5.74, 6) is 0.643. The second kappa shape index (κ2) is 12.5. The first kappa shape index (κ1) is 23.2. The van der Waals surface area contributed by atoms with E-state index in [-0.39, 0.29) is 18.4 Å². The van der Waals surface area contributed by atoms with Crippen LogP contribution in [0.5, 0.6) is 11.5 Å². The Bertz CT molecular complexity index is 821. The fraction of sp³-hybridized carbons (Fsp3) is 0.391. The van der Waals surface area contributed by atoms with Crippen LogP contribution < -0.4 is 20.1 Å². The van der Waals surface area contributed by atoms with Gasteiger partial charge in [0.25, 0.3) is 5.91 Å². The molecule has 0 heterocycles. The lowest BCUT2D eigenvalue weighted by Crippen LogP contribution is -2.17. The van der Waals surface area contributed by atoms with Gasteiger partial charge in [-0.05, 0) is 48.9 Å². The molecule has 0 atom stereocenters. The molecule has 2 aromatic carbocycles. The molecule has 7 nitrogen and oxygen atoms in total. The molecule has 30 heavy (non-hydrogen) atoms. The van der Waals surface area contributed by atoms with Crippen LogP contribution in [-0.2, 0) is 9.53 Å². The van der Waals surface area contributed by atoms with Crippen molar-refractivity contribution in [3.63, 3.8) is 0 Å². The van der Waals surface area contributed by atoms with E-state index in [2.05, 4.69) is 17.6 Å². The molecule has 0 aliphatic carbocycles. The number of rotatable bonds is 12. The van der Waals surface area contributed by atoms with Crippen molar-refractivity contribution in [1.29, 1.82) is 0 Å². The van der Waals surface area contributed by atoms with Crippen LogP contribution in [0.15, 0.2) is 42.5 Å². The molecular formula is C23H30N2O5. The summed E-state index contributed by atoms with van der Waals surface area (Å²) < 4.78 is 15.9. The number of ether oxygens (including phenoxy) is 3. The molecule has 2 aromatic rings. The van der Waals surface area contributed by atoms with Crippen LogP contribution >= 0.6 is 0 Å². The number of methoxy groups -OCH3 is 2. The Morgan fingerprint density at radius 3 is 2.20 bits per heavy atom. The number of benzene rings is 2. The highest BCUT2D eigenvalue weighted by Crippen LogP contribution is 2.29. The maximum absolute atomic E-state index is 12.6. The first-order valence-electron chi connectivity index (χ1n) is 10.1. The number of anilines is 2. The number of nitrogens with one attached hydrogen (secondary N) is 2. The van der Waals surface area contributed by atoms with Crippen LogP contribution in [0.1, 0.15) is 43.0 Å². The van der Waals surface area contributed by atoms with Crippen LogP contribution in [0.3, 0.4) is 0 Å². The Kier molecular flexibility index (Phi) is 9.67. The van der Waals surface area contributed by atoms with E-state index < -0.39 is 0 Å². The first-order chi connectivity index (χ1) is 14.6. The highest BCUT2D eigenvalue weighted by Gasteiger charge is 2.12. The van der Waals surface area contributed by atoms with Crippen molar-refractivity contribution in [2.75, 3.05) is 38.1 Å². The van der Waals surface area contributed by atoms with Gasteiger partial charge in [0.2, 0.25) is 5.91 Å². The molecule has 0 unspecified atom stereocenters. The minimum Gasteiger partial charge on any atom is -0.493 e. The van der Waals surface area contributed by atoms with Crippen LogP contribution in [-0.4, -0.2) is 39.2 Å². The summed E-state index contributed by atoms with van der Waals surface area (Å²) in [5, 5.41) is 5.53. The molecule has 0 saturated heterocycles. The summed E-state index contributed by atoms with van der Waals surface area (Å²) in [5.41, 5.74) is 1.69.